The van der Waals surface area contributed by atoms with Crippen LogP contribution in [0, 0.1) is 13.8 Å². The number of alkyl carbamates (subject to hydrolysis) is 1. The van der Waals surface area contributed by atoms with Gasteiger partial charge in [-0.25, -0.2) is 4.79 Å². The number of rotatable bonds is 10. The molecule has 0 radical (unpaired) electrons. The maximum atomic E-state index is 13.8. The van der Waals surface area contributed by atoms with E-state index in [-0.39, 0.29) is 6.54 Å². The van der Waals surface area contributed by atoms with Gasteiger partial charge in [0.15, 0.2) is 0 Å². The zero-order valence-electron chi connectivity index (χ0n) is 23.1. The van der Waals surface area contributed by atoms with Gasteiger partial charge >= 0.3 is 6.09 Å². The number of primary amides is 1. The first-order valence-corrected chi connectivity index (χ1v) is 12.4. The Kier molecular flexibility index (Phi) is 10.3. The number of hydrogen-bond donors (Lipinski definition) is 3. The summed E-state index contributed by atoms with van der Waals surface area (Å²) in [6.45, 7) is 10.6. The molecule has 4 amide bonds. The molecular formula is C28H38N4O6. The van der Waals surface area contributed by atoms with Crippen molar-refractivity contribution in [2.75, 3.05) is 19.0 Å². The largest absolute Gasteiger partial charge is 0.497 e. The highest BCUT2D eigenvalue weighted by molar-refractivity contribution is 6.00. The Bertz CT molecular complexity index is 1160. The minimum atomic E-state index is -1.33. The molecule has 10 heteroatoms. The van der Waals surface area contributed by atoms with Crippen molar-refractivity contribution in [3.8, 4) is 5.75 Å². The second-order valence-electron chi connectivity index (χ2n) is 9.97. The zero-order chi connectivity index (χ0) is 28.6. The molecule has 2 aromatic rings. The lowest BCUT2D eigenvalue weighted by Crippen LogP contribution is -2.53. The zero-order valence-corrected chi connectivity index (χ0v) is 23.1. The Balaban J connectivity index is 2.50. The summed E-state index contributed by atoms with van der Waals surface area (Å²) in [5.74, 6) is -1.27. The normalized spacial score (nSPS) is 12.6. The van der Waals surface area contributed by atoms with Crippen molar-refractivity contribution >= 4 is 29.5 Å². The van der Waals surface area contributed by atoms with E-state index in [1.807, 2.05) is 32.0 Å². The Morgan fingerprint density at radius 2 is 1.66 bits per heavy atom. The summed E-state index contributed by atoms with van der Waals surface area (Å²) in [6, 6.07) is 10.0. The Morgan fingerprint density at radius 1 is 1.03 bits per heavy atom. The highest BCUT2D eigenvalue weighted by Gasteiger charge is 2.37. The smallest absolute Gasteiger partial charge is 0.408 e. The average Bonchev–Trinajstić information content (AvgIpc) is 2.82. The Hall–Kier alpha value is -4.08. The molecule has 4 N–H and O–H groups in total. The van der Waals surface area contributed by atoms with E-state index in [2.05, 4.69) is 10.6 Å². The molecule has 2 rings (SSSR count). The van der Waals surface area contributed by atoms with Crippen molar-refractivity contribution in [3.63, 3.8) is 0 Å². The van der Waals surface area contributed by atoms with Crippen molar-refractivity contribution < 1.29 is 28.7 Å². The van der Waals surface area contributed by atoms with Gasteiger partial charge in [-0.15, -0.1) is 0 Å². The van der Waals surface area contributed by atoms with Gasteiger partial charge < -0.3 is 30.7 Å². The quantitative estimate of drug-likeness (QED) is 0.432. The van der Waals surface area contributed by atoms with Crippen LogP contribution in [-0.4, -0.2) is 54.0 Å². The minimum Gasteiger partial charge on any atom is -0.497 e. The van der Waals surface area contributed by atoms with Crippen molar-refractivity contribution in [3.05, 3.63) is 59.2 Å². The van der Waals surface area contributed by atoms with E-state index >= 15 is 0 Å². The molecule has 0 spiro atoms. The highest BCUT2D eigenvalue weighted by Crippen LogP contribution is 2.28. The van der Waals surface area contributed by atoms with Crippen LogP contribution in [0.5, 0.6) is 5.75 Å². The van der Waals surface area contributed by atoms with Crippen LogP contribution in [0.15, 0.2) is 42.5 Å². The van der Waals surface area contributed by atoms with Crippen LogP contribution in [0.4, 0.5) is 10.5 Å². The predicted molar refractivity (Wildman–Crippen MR) is 145 cm³/mol. The molecular weight excluding hydrogens is 488 g/mol. The number of likely N-dealkylation sites (N-methyl/N-ethyl adjacent to an activating group) is 1. The first-order valence-electron chi connectivity index (χ1n) is 12.4. The number of benzene rings is 2. The summed E-state index contributed by atoms with van der Waals surface area (Å²) in [5.41, 5.74) is 7.39. The summed E-state index contributed by atoms with van der Waals surface area (Å²) in [6.07, 6.45) is -1.34. The molecule has 0 aliphatic carbocycles. The maximum absolute atomic E-state index is 13.8. The number of aryl methyl sites for hydroxylation is 2. The third kappa shape index (κ3) is 8.50. The average molecular weight is 527 g/mol. The van der Waals surface area contributed by atoms with E-state index < -0.39 is 47.9 Å². The van der Waals surface area contributed by atoms with Gasteiger partial charge in [0, 0.05) is 12.2 Å². The predicted octanol–water partition coefficient (Wildman–Crippen LogP) is 3.61. The van der Waals surface area contributed by atoms with Crippen LogP contribution < -0.4 is 21.1 Å². The second kappa shape index (κ2) is 12.9. The lowest BCUT2D eigenvalue weighted by atomic mass is 9.96. The van der Waals surface area contributed by atoms with E-state index in [1.165, 1.54) is 4.90 Å². The Morgan fingerprint density at radius 3 is 2.18 bits per heavy atom. The fourth-order valence-electron chi connectivity index (χ4n) is 3.91. The van der Waals surface area contributed by atoms with E-state index in [4.69, 9.17) is 15.2 Å². The maximum Gasteiger partial charge on any atom is 0.408 e. The number of ether oxygens (including phenoxy) is 2. The first kappa shape index (κ1) is 30.1. The highest BCUT2D eigenvalue weighted by atomic mass is 16.6. The summed E-state index contributed by atoms with van der Waals surface area (Å²) in [7, 11) is 1.54. The van der Waals surface area contributed by atoms with Crippen LogP contribution in [0.3, 0.4) is 0 Å². The number of carbonyl (C=O) groups excluding carboxylic acids is 4. The third-order valence-corrected chi connectivity index (χ3v) is 5.67. The lowest BCUT2D eigenvalue weighted by Gasteiger charge is -2.34. The second-order valence-corrected chi connectivity index (χ2v) is 9.97. The SMILES string of the molecule is CCN(C(=O)C(CC(N)=O)NC(=O)OC(C)(C)C)C(C(=O)Nc1ccc(OC)cc1)c1cc(C)ccc1C. The minimum absolute atomic E-state index is 0.109. The number of amides is 4. The number of nitrogens with one attached hydrogen (secondary N) is 2. The van der Waals surface area contributed by atoms with Crippen molar-refractivity contribution in [2.45, 2.75) is 65.6 Å². The van der Waals surface area contributed by atoms with Gasteiger partial charge in [-0.3, -0.25) is 14.4 Å². The molecule has 0 aliphatic heterocycles. The van der Waals surface area contributed by atoms with Crippen molar-refractivity contribution in [1.29, 1.82) is 0 Å². The number of anilines is 1. The fourth-order valence-corrected chi connectivity index (χ4v) is 3.91. The molecule has 0 bridgehead atoms. The molecule has 206 valence electrons. The summed E-state index contributed by atoms with van der Waals surface area (Å²) < 4.78 is 10.5. The molecule has 2 aromatic carbocycles. The molecule has 0 fully saturated rings. The standard InChI is InChI=1S/C28H38N4O6/c1-8-32(26(35)22(16-23(29)33)31-27(36)38-28(4,5)6)24(21-15-17(2)9-10-18(21)3)25(34)30-19-11-13-20(37-7)14-12-19/h9-15,22,24H,8,16H2,1-7H3,(H2,29,33)(H,30,34)(H,31,36). The first-order chi connectivity index (χ1) is 17.7. The molecule has 2 atom stereocenters. The number of nitrogens with two attached hydrogens (primary N) is 1. The van der Waals surface area contributed by atoms with Gasteiger partial charge in [0.1, 0.15) is 23.4 Å². The summed E-state index contributed by atoms with van der Waals surface area (Å²) in [4.78, 5) is 53.2. The van der Waals surface area contributed by atoms with Gasteiger partial charge in [-0.2, -0.15) is 0 Å². The molecule has 0 saturated carbocycles. The van der Waals surface area contributed by atoms with E-state index in [1.54, 1.807) is 59.1 Å². The van der Waals surface area contributed by atoms with Gasteiger partial charge in [0.2, 0.25) is 11.8 Å². The molecule has 10 nitrogen and oxygen atoms in total. The van der Waals surface area contributed by atoms with Crippen LogP contribution in [0.25, 0.3) is 0 Å². The Labute approximate surface area is 223 Å². The fraction of sp³-hybridized carbons (Fsp3) is 0.429. The van der Waals surface area contributed by atoms with Crippen molar-refractivity contribution in [1.82, 2.24) is 10.2 Å². The van der Waals surface area contributed by atoms with Crippen LogP contribution in [0.1, 0.15) is 56.8 Å². The monoisotopic (exact) mass is 526 g/mol. The summed E-state index contributed by atoms with van der Waals surface area (Å²) >= 11 is 0. The van der Waals surface area contributed by atoms with Gasteiger partial charge in [0.25, 0.3) is 5.91 Å². The molecule has 2 unspecified atom stereocenters. The van der Waals surface area contributed by atoms with E-state index in [0.29, 0.717) is 17.0 Å². The number of nitrogens with zero attached hydrogens (tertiary/aromatic N) is 1. The number of methoxy groups -OCH3 is 1. The van der Waals surface area contributed by atoms with Gasteiger partial charge in [-0.05, 0) is 76.9 Å². The third-order valence-electron chi connectivity index (χ3n) is 5.67. The van der Waals surface area contributed by atoms with Gasteiger partial charge in [0.05, 0.1) is 13.5 Å². The topological polar surface area (TPSA) is 140 Å². The summed E-state index contributed by atoms with van der Waals surface area (Å²) in [5, 5.41) is 5.32. The number of carbonyl (C=O) groups is 4. The lowest BCUT2D eigenvalue weighted by molar-refractivity contribution is -0.141. The molecule has 0 heterocycles. The van der Waals surface area contributed by atoms with Crippen LogP contribution in [0.2, 0.25) is 0 Å². The number of hydrogen-bond acceptors (Lipinski definition) is 6. The molecule has 38 heavy (non-hydrogen) atoms. The molecule has 0 aliphatic rings. The van der Waals surface area contributed by atoms with E-state index in [0.717, 1.165) is 11.1 Å². The van der Waals surface area contributed by atoms with Crippen LogP contribution >= 0.6 is 0 Å². The van der Waals surface area contributed by atoms with E-state index in [9.17, 15) is 19.2 Å². The van der Waals surface area contributed by atoms with Gasteiger partial charge in [-0.1, -0.05) is 23.8 Å². The molecule has 0 aromatic heterocycles. The van der Waals surface area contributed by atoms with Crippen molar-refractivity contribution in [2.24, 2.45) is 5.73 Å². The van der Waals surface area contributed by atoms with Crippen LogP contribution in [-0.2, 0) is 19.1 Å². The molecule has 0 saturated heterocycles.